The van der Waals surface area contributed by atoms with E-state index in [-0.39, 0.29) is 23.3 Å². The van der Waals surface area contributed by atoms with E-state index >= 15 is 0 Å². The number of rotatable bonds is 9. The molecule has 2 amide bonds. The van der Waals surface area contributed by atoms with E-state index in [0.717, 1.165) is 33.2 Å². The van der Waals surface area contributed by atoms with E-state index in [1.165, 1.54) is 23.5 Å². The summed E-state index contributed by atoms with van der Waals surface area (Å²) in [6.45, 7) is 0. The summed E-state index contributed by atoms with van der Waals surface area (Å²) in [6.07, 6.45) is 0. The number of aromatic amines is 2. The number of hydrogen-bond donors (Lipinski definition) is 4. The smallest absolute Gasteiger partial charge is 0.234 e. The lowest BCUT2D eigenvalue weighted by Gasteiger charge is -2.08. The van der Waals surface area contributed by atoms with E-state index in [1.54, 1.807) is 24.3 Å². The first-order valence-electron chi connectivity index (χ1n) is 12.7. The molecule has 0 aliphatic carbocycles. The Morgan fingerprint density at radius 2 is 1.02 bits per heavy atom. The van der Waals surface area contributed by atoms with Crippen LogP contribution in [-0.2, 0) is 9.59 Å². The highest BCUT2D eigenvalue weighted by Crippen LogP contribution is 2.26. The maximum Gasteiger partial charge on any atom is 0.234 e. The summed E-state index contributed by atoms with van der Waals surface area (Å²) in [5, 5.41) is 8.40. The number of H-pyrrole nitrogens is 2. The monoisotopic (exact) mass is 632 g/mol. The maximum atomic E-state index is 12.5. The molecule has 0 saturated heterocycles. The van der Waals surface area contributed by atoms with E-state index in [0.29, 0.717) is 31.7 Å². The Morgan fingerprint density at radius 1 is 0.619 bits per heavy atom. The average molecular weight is 634 g/mol. The number of thioether (sulfide) groups is 2. The van der Waals surface area contributed by atoms with Gasteiger partial charge in [-0.15, -0.1) is 0 Å². The Balaban J connectivity index is 0.980. The van der Waals surface area contributed by atoms with Crippen LogP contribution >= 0.6 is 46.7 Å². The van der Waals surface area contributed by atoms with Crippen LogP contribution in [0.3, 0.4) is 0 Å². The third-order valence-corrected chi connectivity index (χ3v) is 8.41. The Labute approximate surface area is 259 Å². The van der Waals surface area contributed by atoms with Gasteiger partial charge in [-0.3, -0.25) is 9.59 Å². The second-order valence-electron chi connectivity index (χ2n) is 9.24. The first kappa shape index (κ1) is 28.2. The number of aromatic nitrogens is 4. The number of carbonyl (C=O) groups excluding carboxylic acids is 2. The first-order valence-corrected chi connectivity index (χ1v) is 15.5. The lowest BCUT2D eigenvalue weighted by Crippen LogP contribution is -2.14. The van der Waals surface area contributed by atoms with Crippen LogP contribution in [0.1, 0.15) is 0 Å². The summed E-state index contributed by atoms with van der Waals surface area (Å²) in [5.74, 6) is 0.172. The molecule has 4 aromatic carbocycles. The lowest BCUT2D eigenvalue weighted by atomic mass is 10.0. The minimum Gasteiger partial charge on any atom is -0.333 e. The second-order valence-corrected chi connectivity index (χ2v) is 12.0. The highest BCUT2D eigenvalue weighted by molar-refractivity contribution is 8.00. The molecular weight excluding hydrogens is 611 g/mol. The summed E-state index contributed by atoms with van der Waals surface area (Å²) in [5.41, 5.74) is 6.66. The normalized spacial score (nSPS) is 11.2. The van der Waals surface area contributed by atoms with Gasteiger partial charge in [0.05, 0.1) is 33.6 Å². The Kier molecular flexibility index (Phi) is 8.38. The van der Waals surface area contributed by atoms with E-state index in [1.807, 2.05) is 60.7 Å². The van der Waals surface area contributed by atoms with Crippen molar-refractivity contribution in [2.75, 3.05) is 22.1 Å². The number of anilines is 2. The quantitative estimate of drug-likeness (QED) is 0.121. The molecule has 0 aliphatic rings. The fourth-order valence-corrected chi connectivity index (χ4v) is 5.92. The molecule has 0 unspecified atom stereocenters. The van der Waals surface area contributed by atoms with Gasteiger partial charge in [-0.25, -0.2) is 9.97 Å². The number of nitrogens with one attached hydrogen (secondary N) is 4. The van der Waals surface area contributed by atoms with Crippen LogP contribution in [0.25, 0.3) is 33.2 Å². The lowest BCUT2D eigenvalue weighted by molar-refractivity contribution is -0.114. The van der Waals surface area contributed by atoms with E-state index < -0.39 is 0 Å². The summed E-state index contributed by atoms with van der Waals surface area (Å²) >= 11 is 14.7. The van der Waals surface area contributed by atoms with Gasteiger partial charge in [0.1, 0.15) is 0 Å². The van der Waals surface area contributed by atoms with Crippen LogP contribution in [0, 0.1) is 0 Å². The van der Waals surface area contributed by atoms with Crippen LogP contribution in [0.2, 0.25) is 10.0 Å². The molecule has 0 atom stereocenters. The van der Waals surface area contributed by atoms with Crippen molar-refractivity contribution in [3.63, 3.8) is 0 Å². The molecule has 42 heavy (non-hydrogen) atoms. The number of imidazole rings is 2. The van der Waals surface area contributed by atoms with Gasteiger partial charge in [-0.05, 0) is 71.8 Å². The number of amides is 2. The van der Waals surface area contributed by atoms with Crippen molar-refractivity contribution in [3.8, 4) is 11.1 Å². The zero-order valence-electron chi connectivity index (χ0n) is 21.8. The molecule has 210 valence electrons. The highest BCUT2D eigenvalue weighted by Gasteiger charge is 2.10. The van der Waals surface area contributed by atoms with Gasteiger partial charge < -0.3 is 20.6 Å². The van der Waals surface area contributed by atoms with E-state index in [2.05, 4.69) is 30.6 Å². The number of halogens is 2. The molecule has 4 N–H and O–H groups in total. The number of fused-ring (bicyclic) bond motifs is 2. The minimum absolute atomic E-state index is 0.130. The molecule has 6 aromatic rings. The van der Waals surface area contributed by atoms with Gasteiger partial charge in [0.15, 0.2) is 10.3 Å². The Bertz CT molecular complexity index is 1770. The summed E-state index contributed by atoms with van der Waals surface area (Å²) in [4.78, 5) is 40.2. The van der Waals surface area contributed by atoms with Gasteiger partial charge >= 0.3 is 0 Å². The van der Waals surface area contributed by atoms with E-state index in [9.17, 15) is 9.59 Å². The first-order chi connectivity index (χ1) is 20.4. The molecule has 12 heteroatoms. The molecule has 0 aliphatic heterocycles. The van der Waals surface area contributed by atoms with Gasteiger partial charge in [0.2, 0.25) is 11.8 Å². The van der Waals surface area contributed by atoms with Crippen LogP contribution in [0.5, 0.6) is 0 Å². The number of nitrogens with zero attached hydrogens (tertiary/aromatic N) is 2. The van der Waals surface area contributed by atoms with Crippen LogP contribution in [0.15, 0.2) is 95.2 Å². The molecule has 0 spiro atoms. The number of hydrogen-bond acceptors (Lipinski definition) is 6. The van der Waals surface area contributed by atoms with Crippen LogP contribution in [-0.4, -0.2) is 43.3 Å². The number of benzene rings is 4. The van der Waals surface area contributed by atoms with Crippen molar-refractivity contribution >= 4 is 92.0 Å². The fraction of sp³-hybridized carbons (Fsp3) is 0.0667. The summed E-state index contributed by atoms with van der Waals surface area (Å²) in [6, 6.07) is 26.1. The largest absolute Gasteiger partial charge is 0.333 e. The zero-order valence-corrected chi connectivity index (χ0v) is 24.9. The van der Waals surface area contributed by atoms with Crippen molar-refractivity contribution in [1.29, 1.82) is 0 Å². The highest BCUT2D eigenvalue weighted by atomic mass is 35.5. The van der Waals surface area contributed by atoms with E-state index in [4.69, 9.17) is 23.2 Å². The van der Waals surface area contributed by atoms with Gasteiger partial charge in [0.25, 0.3) is 0 Å². The molecular formula is C30H22Cl2N6O2S2. The molecule has 6 rings (SSSR count). The third kappa shape index (κ3) is 6.91. The molecule has 0 radical (unpaired) electrons. The predicted octanol–water partition coefficient (Wildman–Crippen LogP) is 7.87. The van der Waals surface area contributed by atoms with Crippen LogP contribution < -0.4 is 10.6 Å². The molecule has 0 fully saturated rings. The third-order valence-electron chi connectivity index (χ3n) is 6.20. The van der Waals surface area contributed by atoms with Crippen molar-refractivity contribution in [3.05, 3.63) is 95.0 Å². The minimum atomic E-state index is -0.130. The summed E-state index contributed by atoms with van der Waals surface area (Å²) < 4.78 is 0. The Morgan fingerprint density at radius 3 is 1.43 bits per heavy atom. The van der Waals surface area contributed by atoms with Gasteiger partial charge in [0, 0.05) is 21.4 Å². The van der Waals surface area contributed by atoms with Gasteiger partial charge in [-0.2, -0.15) is 0 Å². The predicted molar refractivity (Wildman–Crippen MR) is 173 cm³/mol. The van der Waals surface area contributed by atoms with Crippen molar-refractivity contribution in [2.24, 2.45) is 0 Å². The SMILES string of the molecule is O=C(CSc1nc2ccc(Cl)cc2[nH]1)Nc1ccc(-c2ccc(NC(=O)CSc3nc4ccc(Cl)cc4[nH]3)cc2)cc1. The second kappa shape index (κ2) is 12.5. The molecule has 8 nitrogen and oxygen atoms in total. The van der Waals surface area contributed by atoms with Crippen molar-refractivity contribution < 1.29 is 9.59 Å². The van der Waals surface area contributed by atoms with Gasteiger partial charge in [-0.1, -0.05) is 71.0 Å². The van der Waals surface area contributed by atoms with Crippen LogP contribution in [0.4, 0.5) is 11.4 Å². The average Bonchev–Trinajstić information content (AvgIpc) is 3.58. The maximum absolute atomic E-state index is 12.5. The summed E-state index contributed by atoms with van der Waals surface area (Å²) in [7, 11) is 0. The molecule has 0 saturated carbocycles. The molecule has 2 heterocycles. The van der Waals surface area contributed by atoms with Crippen molar-refractivity contribution in [1.82, 2.24) is 19.9 Å². The fourth-order valence-electron chi connectivity index (χ4n) is 4.21. The zero-order chi connectivity index (χ0) is 29.1. The molecule has 0 bridgehead atoms. The standard InChI is InChI=1S/C30H22Cl2N6O2S2/c31-19-5-11-23-25(13-19)37-29(35-23)41-15-27(39)33-21-7-1-17(2-8-21)18-3-9-22(10-4-18)34-28(40)16-42-30-36-24-12-6-20(32)14-26(24)38-30/h1-14H,15-16H2,(H,33,39)(H,34,40)(H,35,37)(H,36,38). The number of carbonyl (C=O) groups is 2. The molecule has 2 aromatic heterocycles. The van der Waals surface area contributed by atoms with Crippen molar-refractivity contribution in [2.45, 2.75) is 10.3 Å². The topological polar surface area (TPSA) is 116 Å². The Hall–Kier alpha value is -3.96.